The molecule has 0 aromatic heterocycles. The SMILES string of the molecule is COc1cccc(C(C#N)C(=O)c2ccc(C)cc2C)c1. The van der Waals surface area contributed by atoms with Crippen LogP contribution in [0.5, 0.6) is 5.75 Å². The minimum atomic E-state index is -0.818. The molecule has 0 saturated heterocycles. The van der Waals surface area contributed by atoms with Crippen molar-refractivity contribution in [1.82, 2.24) is 0 Å². The summed E-state index contributed by atoms with van der Waals surface area (Å²) in [6.07, 6.45) is 0. The third kappa shape index (κ3) is 3.11. The van der Waals surface area contributed by atoms with Crippen molar-refractivity contribution in [2.75, 3.05) is 7.11 Å². The van der Waals surface area contributed by atoms with Crippen molar-refractivity contribution in [3.8, 4) is 11.8 Å². The second kappa shape index (κ2) is 6.23. The fourth-order valence-corrected chi connectivity index (χ4v) is 2.35. The van der Waals surface area contributed by atoms with Gasteiger partial charge in [-0.3, -0.25) is 4.79 Å². The summed E-state index contributed by atoms with van der Waals surface area (Å²) < 4.78 is 5.15. The number of Topliss-reactive ketones (excluding diaryl/α,β-unsaturated/α-hetero) is 1. The van der Waals surface area contributed by atoms with Crippen LogP contribution in [0.15, 0.2) is 42.5 Å². The molecule has 2 rings (SSSR count). The number of carbonyl (C=O) groups excluding carboxylic acids is 1. The smallest absolute Gasteiger partial charge is 0.184 e. The summed E-state index contributed by atoms with van der Waals surface area (Å²) in [4.78, 5) is 12.6. The Balaban J connectivity index is 2.41. The van der Waals surface area contributed by atoms with Crippen LogP contribution in [0.3, 0.4) is 0 Å². The zero-order chi connectivity index (χ0) is 15.4. The number of ether oxygens (including phenoxy) is 1. The van der Waals surface area contributed by atoms with E-state index in [0.29, 0.717) is 16.9 Å². The van der Waals surface area contributed by atoms with Gasteiger partial charge < -0.3 is 4.74 Å². The Kier molecular flexibility index (Phi) is 4.39. The Morgan fingerprint density at radius 2 is 1.95 bits per heavy atom. The lowest BCUT2D eigenvalue weighted by molar-refractivity contribution is 0.0978. The summed E-state index contributed by atoms with van der Waals surface area (Å²) in [5.41, 5.74) is 3.24. The van der Waals surface area contributed by atoms with E-state index in [2.05, 4.69) is 6.07 Å². The average molecular weight is 279 g/mol. The molecule has 1 unspecified atom stereocenters. The van der Waals surface area contributed by atoms with Crippen LogP contribution in [0.25, 0.3) is 0 Å². The van der Waals surface area contributed by atoms with E-state index >= 15 is 0 Å². The molecule has 0 bridgehead atoms. The summed E-state index contributed by atoms with van der Waals surface area (Å²) in [7, 11) is 1.56. The van der Waals surface area contributed by atoms with E-state index in [1.165, 1.54) is 0 Å². The summed E-state index contributed by atoms with van der Waals surface area (Å²) in [6.45, 7) is 3.87. The molecule has 2 aromatic carbocycles. The monoisotopic (exact) mass is 279 g/mol. The Bertz CT molecular complexity index is 713. The normalized spacial score (nSPS) is 11.5. The van der Waals surface area contributed by atoms with Gasteiger partial charge in [0.1, 0.15) is 11.7 Å². The molecule has 0 radical (unpaired) electrons. The molecule has 0 aliphatic heterocycles. The molecule has 0 aliphatic carbocycles. The average Bonchev–Trinajstić information content (AvgIpc) is 2.48. The Labute approximate surface area is 124 Å². The Morgan fingerprint density at radius 1 is 1.19 bits per heavy atom. The molecule has 0 saturated carbocycles. The highest BCUT2D eigenvalue weighted by molar-refractivity contribution is 6.03. The van der Waals surface area contributed by atoms with Crippen molar-refractivity contribution in [2.24, 2.45) is 0 Å². The molecule has 0 N–H and O–H groups in total. The minimum absolute atomic E-state index is 0.178. The van der Waals surface area contributed by atoms with Crippen molar-refractivity contribution >= 4 is 5.78 Å². The van der Waals surface area contributed by atoms with Crippen molar-refractivity contribution in [1.29, 1.82) is 5.26 Å². The molecule has 3 nitrogen and oxygen atoms in total. The van der Waals surface area contributed by atoms with Crippen molar-refractivity contribution in [2.45, 2.75) is 19.8 Å². The molecule has 0 aliphatic rings. The number of rotatable bonds is 4. The van der Waals surface area contributed by atoms with Gasteiger partial charge in [0.15, 0.2) is 5.78 Å². The first-order chi connectivity index (χ1) is 10.1. The number of aryl methyl sites for hydroxylation is 2. The number of methoxy groups -OCH3 is 1. The van der Waals surface area contributed by atoms with E-state index in [1.807, 2.05) is 26.0 Å². The molecule has 1 atom stereocenters. The number of carbonyl (C=O) groups is 1. The van der Waals surface area contributed by atoms with Gasteiger partial charge in [0.2, 0.25) is 0 Å². The fourth-order valence-electron chi connectivity index (χ4n) is 2.35. The maximum atomic E-state index is 12.6. The van der Waals surface area contributed by atoms with Crippen LogP contribution < -0.4 is 4.74 Å². The maximum Gasteiger partial charge on any atom is 0.184 e. The molecule has 0 amide bonds. The lowest BCUT2D eigenvalue weighted by Gasteiger charge is -2.12. The number of nitrogens with zero attached hydrogens (tertiary/aromatic N) is 1. The molecular formula is C18H17NO2. The van der Waals surface area contributed by atoms with Crippen LogP contribution in [0.1, 0.15) is 33.0 Å². The highest BCUT2D eigenvalue weighted by Gasteiger charge is 2.23. The second-order valence-corrected chi connectivity index (χ2v) is 5.02. The van der Waals surface area contributed by atoms with E-state index in [0.717, 1.165) is 11.1 Å². The highest BCUT2D eigenvalue weighted by atomic mass is 16.5. The Hall–Kier alpha value is -2.60. The second-order valence-electron chi connectivity index (χ2n) is 5.02. The van der Waals surface area contributed by atoms with Crippen LogP contribution in [0.4, 0.5) is 0 Å². The van der Waals surface area contributed by atoms with Crippen molar-refractivity contribution in [3.05, 3.63) is 64.7 Å². The summed E-state index contributed by atoms with van der Waals surface area (Å²) in [5.74, 6) is -0.356. The predicted molar refractivity (Wildman–Crippen MR) is 81.6 cm³/mol. The zero-order valence-corrected chi connectivity index (χ0v) is 12.4. The summed E-state index contributed by atoms with van der Waals surface area (Å²) in [5, 5.41) is 9.41. The first-order valence-electron chi connectivity index (χ1n) is 6.72. The van der Waals surface area contributed by atoms with Gasteiger partial charge in [-0.15, -0.1) is 0 Å². The third-order valence-electron chi connectivity index (χ3n) is 3.47. The topological polar surface area (TPSA) is 50.1 Å². The van der Waals surface area contributed by atoms with Gasteiger partial charge in [0, 0.05) is 5.56 Å². The van der Waals surface area contributed by atoms with Gasteiger partial charge >= 0.3 is 0 Å². The quantitative estimate of drug-likeness (QED) is 0.800. The maximum absolute atomic E-state index is 12.6. The molecule has 2 aromatic rings. The van der Waals surface area contributed by atoms with Gasteiger partial charge in [0.05, 0.1) is 13.2 Å². The molecule has 0 spiro atoms. The van der Waals surface area contributed by atoms with E-state index < -0.39 is 5.92 Å². The Morgan fingerprint density at radius 3 is 2.57 bits per heavy atom. The highest BCUT2D eigenvalue weighted by Crippen LogP contribution is 2.25. The van der Waals surface area contributed by atoms with E-state index in [-0.39, 0.29) is 5.78 Å². The number of benzene rings is 2. The van der Waals surface area contributed by atoms with Gasteiger partial charge in [-0.25, -0.2) is 0 Å². The van der Waals surface area contributed by atoms with E-state index in [1.54, 1.807) is 37.4 Å². The van der Waals surface area contributed by atoms with E-state index in [4.69, 9.17) is 4.74 Å². The fraction of sp³-hybridized carbons (Fsp3) is 0.222. The first-order valence-corrected chi connectivity index (χ1v) is 6.72. The predicted octanol–water partition coefficient (Wildman–Crippen LogP) is 3.80. The molecule has 0 heterocycles. The van der Waals surface area contributed by atoms with Crippen molar-refractivity contribution in [3.63, 3.8) is 0 Å². The van der Waals surface area contributed by atoms with E-state index in [9.17, 15) is 10.1 Å². The zero-order valence-electron chi connectivity index (χ0n) is 12.4. The van der Waals surface area contributed by atoms with Crippen LogP contribution >= 0.6 is 0 Å². The van der Waals surface area contributed by atoms with Gasteiger partial charge in [0.25, 0.3) is 0 Å². The van der Waals surface area contributed by atoms with Gasteiger partial charge in [-0.05, 0) is 37.1 Å². The van der Waals surface area contributed by atoms with Crippen molar-refractivity contribution < 1.29 is 9.53 Å². The third-order valence-corrected chi connectivity index (χ3v) is 3.47. The van der Waals surface area contributed by atoms with Crippen LogP contribution in [-0.4, -0.2) is 12.9 Å². The molecule has 106 valence electrons. The number of hydrogen-bond acceptors (Lipinski definition) is 3. The molecule has 21 heavy (non-hydrogen) atoms. The van der Waals surface area contributed by atoms with Crippen LogP contribution in [0.2, 0.25) is 0 Å². The van der Waals surface area contributed by atoms with Gasteiger partial charge in [-0.2, -0.15) is 5.26 Å². The molecule has 3 heteroatoms. The number of ketones is 1. The molecular weight excluding hydrogens is 262 g/mol. The largest absolute Gasteiger partial charge is 0.497 e. The summed E-state index contributed by atoms with van der Waals surface area (Å²) in [6, 6.07) is 14.8. The number of hydrogen-bond donors (Lipinski definition) is 0. The van der Waals surface area contributed by atoms with Crippen LogP contribution in [0, 0.1) is 25.2 Å². The summed E-state index contributed by atoms with van der Waals surface area (Å²) >= 11 is 0. The molecule has 0 fully saturated rings. The first kappa shape index (κ1) is 14.8. The standard InChI is InChI=1S/C18H17NO2/c1-12-7-8-16(13(2)9-12)18(20)17(11-19)14-5-4-6-15(10-14)21-3/h4-10,17H,1-3H3. The minimum Gasteiger partial charge on any atom is -0.497 e. The number of nitriles is 1. The lowest BCUT2D eigenvalue weighted by Crippen LogP contribution is -2.13. The lowest BCUT2D eigenvalue weighted by atomic mass is 9.89. The van der Waals surface area contributed by atoms with Crippen LogP contribution in [-0.2, 0) is 0 Å². The van der Waals surface area contributed by atoms with Gasteiger partial charge in [-0.1, -0.05) is 35.9 Å².